The summed E-state index contributed by atoms with van der Waals surface area (Å²) in [6, 6.07) is 1.91. The van der Waals surface area contributed by atoms with Crippen molar-refractivity contribution in [1.29, 1.82) is 0 Å². The van der Waals surface area contributed by atoms with Crippen LogP contribution in [0, 0.1) is 6.92 Å². The van der Waals surface area contributed by atoms with Gasteiger partial charge in [-0.3, -0.25) is 0 Å². The van der Waals surface area contributed by atoms with Gasteiger partial charge in [0.15, 0.2) is 0 Å². The minimum Gasteiger partial charge on any atom is -0.495 e. The van der Waals surface area contributed by atoms with E-state index in [9.17, 15) is 0 Å². The van der Waals surface area contributed by atoms with Crippen LogP contribution in [0.2, 0.25) is 0 Å². The summed E-state index contributed by atoms with van der Waals surface area (Å²) in [4.78, 5) is 4.32. The highest BCUT2D eigenvalue weighted by molar-refractivity contribution is 5.38. The second-order valence-electron chi connectivity index (χ2n) is 3.00. The smallest absolute Gasteiger partial charge is 0.216 e. The zero-order chi connectivity index (χ0) is 10.6. The number of hydrogen-bond acceptors (Lipinski definition) is 4. The number of hydrogen-bond donors (Lipinski definition) is 1. The van der Waals surface area contributed by atoms with Crippen molar-refractivity contribution in [2.45, 2.75) is 13.3 Å². The molecule has 4 nitrogen and oxygen atoms in total. The van der Waals surface area contributed by atoms with Crippen LogP contribution in [0.15, 0.2) is 6.07 Å². The molecule has 0 bridgehead atoms. The van der Waals surface area contributed by atoms with E-state index in [1.54, 1.807) is 14.2 Å². The van der Waals surface area contributed by atoms with Gasteiger partial charge < -0.3 is 15.2 Å². The van der Waals surface area contributed by atoms with E-state index in [0.717, 1.165) is 17.0 Å². The molecule has 78 valence electrons. The molecule has 0 saturated carbocycles. The fourth-order valence-corrected chi connectivity index (χ4v) is 1.31. The van der Waals surface area contributed by atoms with Gasteiger partial charge in [-0.15, -0.1) is 0 Å². The summed E-state index contributed by atoms with van der Waals surface area (Å²) in [6.45, 7) is 2.48. The monoisotopic (exact) mass is 196 g/mol. The highest BCUT2D eigenvalue weighted by atomic mass is 16.5. The molecule has 0 fully saturated rings. The lowest BCUT2D eigenvalue weighted by molar-refractivity contribution is 0.379. The average Bonchev–Trinajstić information content (AvgIpc) is 2.20. The lowest BCUT2D eigenvalue weighted by atomic mass is 10.2. The Balaban J connectivity index is 3.11. The Morgan fingerprint density at radius 1 is 1.36 bits per heavy atom. The molecule has 1 rings (SSSR count). The molecule has 0 saturated heterocycles. The molecule has 2 N–H and O–H groups in total. The summed E-state index contributed by atoms with van der Waals surface area (Å²) in [5.41, 5.74) is 7.29. The lowest BCUT2D eigenvalue weighted by Gasteiger charge is -2.10. The zero-order valence-corrected chi connectivity index (χ0v) is 8.83. The van der Waals surface area contributed by atoms with Gasteiger partial charge in [0.1, 0.15) is 5.75 Å². The number of aryl methyl sites for hydroxylation is 1. The molecule has 0 unspecified atom stereocenters. The van der Waals surface area contributed by atoms with E-state index in [0.29, 0.717) is 18.8 Å². The Morgan fingerprint density at radius 3 is 2.57 bits per heavy atom. The maximum Gasteiger partial charge on any atom is 0.216 e. The molecule has 4 heteroatoms. The van der Waals surface area contributed by atoms with Gasteiger partial charge in [0.25, 0.3) is 0 Å². The minimum absolute atomic E-state index is 0.551. The molecule has 0 aliphatic rings. The standard InChI is InChI=1S/C10H16N2O2/c1-7-6-9(13-2)8(4-5-11)12-10(7)14-3/h6H,4-5,11H2,1-3H3. The number of nitrogens with zero attached hydrogens (tertiary/aromatic N) is 1. The van der Waals surface area contributed by atoms with Gasteiger partial charge in [-0.05, 0) is 19.5 Å². The highest BCUT2D eigenvalue weighted by Gasteiger charge is 2.09. The molecular weight excluding hydrogens is 180 g/mol. The average molecular weight is 196 g/mol. The van der Waals surface area contributed by atoms with Crippen LogP contribution in [-0.4, -0.2) is 25.7 Å². The van der Waals surface area contributed by atoms with E-state index in [1.165, 1.54) is 0 Å². The van der Waals surface area contributed by atoms with Crippen LogP contribution in [-0.2, 0) is 6.42 Å². The zero-order valence-electron chi connectivity index (χ0n) is 8.83. The Kier molecular flexibility index (Phi) is 3.71. The Bertz CT molecular complexity index is 313. The van der Waals surface area contributed by atoms with Crippen molar-refractivity contribution in [2.24, 2.45) is 5.73 Å². The van der Waals surface area contributed by atoms with Crippen LogP contribution in [0.5, 0.6) is 11.6 Å². The summed E-state index contributed by atoms with van der Waals surface area (Å²) < 4.78 is 10.3. The van der Waals surface area contributed by atoms with Crippen molar-refractivity contribution in [3.63, 3.8) is 0 Å². The van der Waals surface area contributed by atoms with E-state index in [-0.39, 0.29) is 0 Å². The van der Waals surface area contributed by atoms with Crippen molar-refractivity contribution >= 4 is 0 Å². The van der Waals surface area contributed by atoms with E-state index in [1.807, 2.05) is 13.0 Å². The third-order valence-corrected chi connectivity index (χ3v) is 2.00. The van der Waals surface area contributed by atoms with E-state index in [4.69, 9.17) is 15.2 Å². The van der Waals surface area contributed by atoms with Crippen molar-refractivity contribution < 1.29 is 9.47 Å². The van der Waals surface area contributed by atoms with E-state index in [2.05, 4.69) is 4.98 Å². The van der Waals surface area contributed by atoms with Crippen LogP contribution >= 0.6 is 0 Å². The Labute approximate surface area is 84.0 Å². The largest absolute Gasteiger partial charge is 0.495 e. The van der Waals surface area contributed by atoms with Gasteiger partial charge in [0.2, 0.25) is 5.88 Å². The molecule has 0 spiro atoms. The minimum atomic E-state index is 0.551. The second-order valence-corrected chi connectivity index (χ2v) is 3.00. The van der Waals surface area contributed by atoms with Crippen molar-refractivity contribution in [2.75, 3.05) is 20.8 Å². The summed E-state index contributed by atoms with van der Waals surface area (Å²) in [7, 11) is 3.23. The normalized spacial score (nSPS) is 10.0. The molecule has 0 atom stereocenters. The fraction of sp³-hybridized carbons (Fsp3) is 0.500. The number of ether oxygens (including phenoxy) is 2. The maximum absolute atomic E-state index is 5.48. The van der Waals surface area contributed by atoms with Crippen LogP contribution in [0.1, 0.15) is 11.3 Å². The predicted molar refractivity (Wildman–Crippen MR) is 54.8 cm³/mol. The van der Waals surface area contributed by atoms with E-state index < -0.39 is 0 Å². The number of aromatic nitrogens is 1. The number of pyridine rings is 1. The SMILES string of the molecule is COc1cc(C)c(OC)nc1CCN. The molecule has 14 heavy (non-hydrogen) atoms. The van der Waals surface area contributed by atoms with Gasteiger partial charge in [-0.2, -0.15) is 0 Å². The van der Waals surface area contributed by atoms with Crippen LogP contribution < -0.4 is 15.2 Å². The summed E-state index contributed by atoms with van der Waals surface area (Å²) in [5, 5.41) is 0. The number of methoxy groups -OCH3 is 2. The topological polar surface area (TPSA) is 57.4 Å². The number of nitrogens with two attached hydrogens (primary N) is 1. The van der Waals surface area contributed by atoms with Crippen molar-refractivity contribution in [3.05, 3.63) is 17.3 Å². The first-order chi connectivity index (χ1) is 6.72. The Morgan fingerprint density at radius 2 is 2.07 bits per heavy atom. The first-order valence-corrected chi connectivity index (χ1v) is 4.51. The van der Waals surface area contributed by atoms with Crippen LogP contribution in [0.25, 0.3) is 0 Å². The molecule has 0 amide bonds. The molecule has 0 aliphatic heterocycles. The second kappa shape index (κ2) is 4.81. The third-order valence-electron chi connectivity index (χ3n) is 2.00. The van der Waals surface area contributed by atoms with Gasteiger partial charge in [-0.25, -0.2) is 4.98 Å². The van der Waals surface area contributed by atoms with Crippen molar-refractivity contribution in [1.82, 2.24) is 4.98 Å². The molecule has 0 aliphatic carbocycles. The third kappa shape index (κ3) is 2.14. The lowest BCUT2D eigenvalue weighted by Crippen LogP contribution is -2.07. The first-order valence-electron chi connectivity index (χ1n) is 4.51. The van der Waals surface area contributed by atoms with Gasteiger partial charge in [-0.1, -0.05) is 0 Å². The summed E-state index contributed by atoms with van der Waals surface area (Å²) in [5.74, 6) is 1.41. The van der Waals surface area contributed by atoms with Gasteiger partial charge in [0.05, 0.1) is 19.9 Å². The van der Waals surface area contributed by atoms with Crippen molar-refractivity contribution in [3.8, 4) is 11.6 Å². The van der Waals surface area contributed by atoms with E-state index >= 15 is 0 Å². The molecule has 1 aromatic heterocycles. The molecule has 0 aromatic carbocycles. The summed E-state index contributed by atoms with van der Waals surface area (Å²) in [6.07, 6.45) is 0.694. The summed E-state index contributed by atoms with van der Waals surface area (Å²) >= 11 is 0. The van der Waals surface area contributed by atoms with Gasteiger partial charge >= 0.3 is 0 Å². The molecule has 1 heterocycles. The highest BCUT2D eigenvalue weighted by Crippen LogP contribution is 2.24. The maximum atomic E-state index is 5.48. The van der Waals surface area contributed by atoms with Crippen LogP contribution in [0.3, 0.4) is 0 Å². The molecular formula is C10H16N2O2. The number of rotatable bonds is 4. The van der Waals surface area contributed by atoms with Gasteiger partial charge in [0, 0.05) is 12.0 Å². The Hall–Kier alpha value is -1.29. The fourth-order valence-electron chi connectivity index (χ4n) is 1.31. The molecule has 1 aromatic rings. The molecule has 0 radical (unpaired) electrons. The predicted octanol–water partition coefficient (Wildman–Crippen LogP) is 0.908. The quantitative estimate of drug-likeness (QED) is 0.777. The first kappa shape index (κ1) is 10.8. The van der Waals surface area contributed by atoms with Crippen LogP contribution in [0.4, 0.5) is 0 Å².